The molecule has 0 radical (unpaired) electrons. The number of para-hydroxylation sites is 1. The van der Waals surface area contributed by atoms with Gasteiger partial charge in [0.25, 0.3) is 5.56 Å². The molecular formula is C24H21N3O. The third-order valence-electron chi connectivity index (χ3n) is 5.39. The van der Waals surface area contributed by atoms with Crippen LogP contribution in [0, 0.1) is 5.41 Å². The van der Waals surface area contributed by atoms with Gasteiger partial charge in [-0.1, -0.05) is 62.4 Å². The lowest BCUT2D eigenvalue weighted by Crippen LogP contribution is -2.30. The minimum absolute atomic E-state index is 0.0498. The number of pyridine rings is 1. The Labute approximate surface area is 163 Å². The van der Waals surface area contributed by atoms with Gasteiger partial charge in [0, 0.05) is 10.9 Å². The molecule has 0 aliphatic heterocycles. The molecule has 1 aliphatic carbocycles. The van der Waals surface area contributed by atoms with E-state index >= 15 is 0 Å². The Balaban J connectivity index is 1.86. The molecule has 0 fully saturated rings. The van der Waals surface area contributed by atoms with Gasteiger partial charge in [0.1, 0.15) is 0 Å². The summed E-state index contributed by atoms with van der Waals surface area (Å²) in [5.74, 6) is 0. The van der Waals surface area contributed by atoms with E-state index in [1.54, 1.807) is 0 Å². The average molecular weight is 367 g/mol. The molecule has 0 saturated carbocycles. The van der Waals surface area contributed by atoms with Crippen molar-refractivity contribution in [3.05, 3.63) is 88.5 Å². The van der Waals surface area contributed by atoms with Gasteiger partial charge >= 0.3 is 0 Å². The zero-order chi connectivity index (χ0) is 19.3. The maximum Gasteiger partial charge on any atom is 0.279 e. The van der Waals surface area contributed by atoms with Crippen LogP contribution in [0.15, 0.2) is 71.5 Å². The molecule has 0 spiro atoms. The summed E-state index contributed by atoms with van der Waals surface area (Å²) < 4.78 is 1.54. The molecule has 0 saturated heterocycles. The Kier molecular flexibility index (Phi) is 3.69. The highest BCUT2D eigenvalue weighted by Crippen LogP contribution is 2.37. The lowest BCUT2D eigenvalue weighted by Gasteiger charge is -2.30. The van der Waals surface area contributed by atoms with Crippen LogP contribution < -0.4 is 5.56 Å². The quantitative estimate of drug-likeness (QED) is 0.521. The van der Waals surface area contributed by atoms with E-state index in [2.05, 4.69) is 13.8 Å². The monoisotopic (exact) mass is 367 g/mol. The lowest BCUT2D eigenvalue weighted by molar-refractivity contribution is 0.345. The maximum absolute atomic E-state index is 13.4. The van der Waals surface area contributed by atoms with Crippen LogP contribution in [0.5, 0.6) is 0 Å². The van der Waals surface area contributed by atoms with Gasteiger partial charge in [-0.2, -0.15) is 9.78 Å². The van der Waals surface area contributed by atoms with Crippen LogP contribution in [0.2, 0.25) is 0 Å². The second-order valence-corrected chi connectivity index (χ2v) is 8.26. The normalized spacial score (nSPS) is 14.9. The third kappa shape index (κ3) is 2.73. The van der Waals surface area contributed by atoms with Crippen molar-refractivity contribution in [1.82, 2.24) is 14.8 Å². The first-order valence-corrected chi connectivity index (χ1v) is 9.59. The molecule has 0 bridgehead atoms. The van der Waals surface area contributed by atoms with Gasteiger partial charge in [-0.15, -0.1) is 0 Å². The summed E-state index contributed by atoms with van der Waals surface area (Å²) in [6.45, 7) is 4.47. The molecule has 4 aromatic rings. The molecule has 1 aliphatic rings. The van der Waals surface area contributed by atoms with Gasteiger partial charge in [0.15, 0.2) is 0 Å². The van der Waals surface area contributed by atoms with Crippen LogP contribution >= 0.6 is 0 Å². The van der Waals surface area contributed by atoms with Crippen LogP contribution in [0.25, 0.3) is 27.7 Å². The highest BCUT2D eigenvalue weighted by molar-refractivity contribution is 5.90. The fraction of sp³-hybridized carbons (Fsp3) is 0.208. The zero-order valence-electron chi connectivity index (χ0n) is 16.0. The maximum atomic E-state index is 13.4. The van der Waals surface area contributed by atoms with Crippen molar-refractivity contribution in [2.24, 2.45) is 5.41 Å². The summed E-state index contributed by atoms with van der Waals surface area (Å²) in [5.41, 5.74) is 4.54. The second-order valence-electron chi connectivity index (χ2n) is 8.26. The number of benzene rings is 2. The second kappa shape index (κ2) is 6.13. The molecule has 138 valence electrons. The van der Waals surface area contributed by atoms with Crippen molar-refractivity contribution in [3.8, 4) is 16.9 Å². The van der Waals surface area contributed by atoms with Crippen LogP contribution in [-0.4, -0.2) is 14.8 Å². The Morgan fingerprint density at radius 3 is 2.25 bits per heavy atom. The molecule has 4 heteroatoms. The van der Waals surface area contributed by atoms with E-state index in [1.165, 1.54) is 4.68 Å². The topological polar surface area (TPSA) is 47.8 Å². The third-order valence-corrected chi connectivity index (χ3v) is 5.39. The van der Waals surface area contributed by atoms with Crippen molar-refractivity contribution in [3.63, 3.8) is 0 Å². The van der Waals surface area contributed by atoms with Crippen molar-refractivity contribution >= 4 is 10.8 Å². The van der Waals surface area contributed by atoms with Crippen LogP contribution in [0.1, 0.15) is 25.2 Å². The first kappa shape index (κ1) is 16.9. The molecule has 0 atom stereocenters. The van der Waals surface area contributed by atoms with E-state index < -0.39 is 0 Å². The lowest BCUT2D eigenvalue weighted by atomic mass is 9.77. The molecule has 0 unspecified atom stereocenters. The predicted molar refractivity (Wildman–Crippen MR) is 112 cm³/mol. The number of hydrogen-bond acceptors (Lipinski definition) is 3. The van der Waals surface area contributed by atoms with E-state index in [4.69, 9.17) is 10.1 Å². The SMILES string of the molecule is CC1(C)Cc2nc(-c3ccccc3)cc3c(=O)n(-c4ccccc4)nc(c23)C1. The van der Waals surface area contributed by atoms with Gasteiger partial charge in [-0.05, 0) is 36.5 Å². The van der Waals surface area contributed by atoms with Crippen LogP contribution in [0.4, 0.5) is 0 Å². The van der Waals surface area contributed by atoms with E-state index in [0.29, 0.717) is 5.39 Å². The number of aromatic nitrogens is 3. The van der Waals surface area contributed by atoms with Crippen LogP contribution in [0.3, 0.4) is 0 Å². The molecular weight excluding hydrogens is 346 g/mol. The number of hydrogen-bond donors (Lipinski definition) is 0. The summed E-state index contributed by atoms with van der Waals surface area (Å²) >= 11 is 0. The summed E-state index contributed by atoms with van der Waals surface area (Å²) in [4.78, 5) is 18.3. The van der Waals surface area contributed by atoms with Crippen molar-refractivity contribution < 1.29 is 0 Å². The molecule has 28 heavy (non-hydrogen) atoms. The standard InChI is InChI=1S/C24H21N3O/c1-24(2)14-20-22-18(13-19(25-20)16-9-5-3-6-10-16)23(28)27(26-21(22)15-24)17-11-7-4-8-12-17/h3-13H,14-15H2,1-2H3. The van der Waals surface area contributed by atoms with Crippen LogP contribution in [-0.2, 0) is 12.8 Å². The van der Waals surface area contributed by atoms with Gasteiger partial charge in [-0.3, -0.25) is 9.78 Å². The molecule has 4 nitrogen and oxygen atoms in total. The Morgan fingerprint density at radius 1 is 0.893 bits per heavy atom. The fourth-order valence-electron chi connectivity index (χ4n) is 4.14. The summed E-state index contributed by atoms with van der Waals surface area (Å²) in [7, 11) is 0. The highest BCUT2D eigenvalue weighted by atomic mass is 16.1. The summed E-state index contributed by atoms with van der Waals surface area (Å²) in [6.07, 6.45) is 1.67. The van der Waals surface area contributed by atoms with E-state index in [-0.39, 0.29) is 11.0 Å². The first-order valence-electron chi connectivity index (χ1n) is 9.59. The Bertz CT molecular complexity index is 1230. The summed E-state index contributed by atoms with van der Waals surface area (Å²) in [5, 5.41) is 6.41. The predicted octanol–water partition coefficient (Wildman–Crippen LogP) is 4.57. The Hall–Kier alpha value is -3.27. The first-order chi connectivity index (χ1) is 13.5. The van der Waals surface area contributed by atoms with E-state index in [1.807, 2.05) is 66.7 Å². The molecule has 2 aromatic heterocycles. The zero-order valence-corrected chi connectivity index (χ0v) is 16.0. The van der Waals surface area contributed by atoms with Gasteiger partial charge in [-0.25, -0.2) is 0 Å². The minimum atomic E-state index is -0.0921. The van der Waals surface area contributed by atoms with Gasteiger partial charge < -0.3 is 0 Å². The summed E-state index contributed by atoms with van der Waals surface area (Å²) in [6, 6.07) is 21.6. The van der Waals surface area contributed by atoms with Crippen molar-refractivity contribution in [2.75, 3.05) is 0 Å². The molecule has 2 aromatic carbocycles. The molecule has 5 rings (SSSR count). The average Bonchev–Trinajstić information content (AvgIpc) is 2.70. The minimum Gasteiger partial charge on any atom is -0.267 e. The Morgan fingerprint density at radius 2 is 1.54 bits per heavy atom. The number of rotatable bonds is 2. The molecule has 0 amide bonds. The molecule has 2 heterocycles. The van der Waals surface area contributed by atoms with Gasteiger partial charge in [0.05, 0.1) is 28.2 Å². The highest BCUT2D eigenvalue weighted by Gasteiger charge is 2.31. The van der Waals surface area contributed by atoms with E-state index in [9.17, 15) is 4.79 Å². The van der Waals surface area contributed by atoms with E-state index in [0.717, 1.165) is 46.6 Å². The van der Waals surface area contributed by atoms with Crippen molar-refractivity contribution in [2.45, 2.75) is 26.7 Å². The fourth-order valence-corrected chi connectivity index (χ4v) is 4.14. The molecule has 0 N–H and O–H groups in total. The number of nitrogens with zero attached hydrogens (tertiary/aromatic N) is 3. The van der Waals surface area contributed by atoms with Gasteiger partial charge in [0.2, 0.25) is 0 Å². The van der Waals surface area contributed by atoms with Crippen molar-refractivity contribution in [1.29, 1.82) is 0 Å². The smallest absolute Gasteiger partial charge is 0.267 e. The largest absolute Gasteiger partial charge is 0.279 e.